The Kier molecular flexibility index (Phi) is 5.94. The Labute approximate surface area is 119 Å². The van der Waals surface area contributed by atoms with E-state index in [1.165, 1.54) is 0 Å². The van der Waals surface area contributed by atoms with Gasteiger partial charge in [0.2, 0.25) is 5.91 Å². The minimum Gasteiger partial charge on any atom is -0.396 e. The van der Waals surface area contributed by atoms with E-state index in [0.29, 0.717) is 12.8 Å². The second-order valence-electron chi connectivity index (χ2n) is 5.76. The highest BCUT2D eigenvalue weighted by Crippen LogP contribution is 2.25. The van der Waals surface area contributed by atoms with E-state index in [1.54, 1.807) is 11.3 Å². The zero-order valence-electron chi connectivity index (χ0n) is 12.2. The van der Waals surface area contributed by atoms with Gasteiger partial charge in [0.15, 0.2) is 0 Å². The first kappa shape index (κ1) is 16.1. The lowest BCUT2D eigenvalue weighted by atomic mass is 9.98. The molecule has 0 aliphatic heterocycles. The molecule has 1 unspecified atom stereocenters. The smallest absolute Gasteiger partial charge is 0.226 e. The van der Waals surface area contributed by atoms with Crippen molar-refractivity contribution in [1.82, 2.24) is 10.3 Å². The van der Waals surface area contributed by atoms with Crippen LogP contribution in [-0.2, 0) is 16.6 Å². The minimum atomic E-state index is -0.0222. The summed E-state index contributed by atoms with van der Waals surface area (Å²) in [4.78, 5) is 16.4. The summed E-state index contributed by atoms with van der Waals surface area (Å²) in [5, 5.41) is 14.8. The van der Waals surface area contributed by atoms with Gasteiger partial charge in [0.1, 0.15) is 0 Å². The number of aliphatic hydroxyl groups is 1. The van der Waals surface area contributed by atoms with Crippen LogP contribution in [0.4, 0.5) is 0 Å². The molecule has 0 spiro atoms. The first-order valence-corrected chi connectivity index (χ1v) is 7.60. The van der Waals surface area contributed by atoms with Crippen molar-refractivity contribution in [1.29, 1.82) is 0 Å². The van der Waals surface area contributed by atoms with Crippen LogP contribution in [0.3, 0.4) is 0 Å². The van der Waals surface area contributed by atoms with Crippen LogP contribution in [0, 0.1) is 0 Å². The quantitative estimate of drug-likeness (QED) is 0.842. The molecule has 0 radical (unpaired) electrons. The predicted octanol–water partition coefficient (Wildman–Crippen LogP) is 2.26. The third-order valence-electron chi connectivity index (χ3n) is 2.87. The van der Waals surface area contributed by atoms with Gasteiger partial charge in [0.25, 0.3) is 0 Å². The highest BCUT2D eigenvalue weighted by Gasteiger charge is 2.19. The molecular weight excluding hydrogens is 260 g/mol. The number of aliphatic hydroxyl groups excluding tert-OH is 1. The third-order valence-corrected chi connectivity index (χ3v) is 4.19. The van der Waals surface area contributed by atoms with E-state index < -0.39 is 0 Å². The number of nitrogens with zero attached hydrogens (tertiary/aromatic N) is 1. The Morgan fingerprint density at radius 1 is 1.53 bits per heavy atom. The normalized spacial score (nSPS) is 13.3. The Morgan fingerprint density at radius 3 is 2.68 bits per heavy atom. The fraction of sp³-hybridized carbons (Fsp3) is 0.714. The van der Waals surface area contributed by atoms with Crippen LogP contribution in [-0.4, -0.2) is 28.6 Å². The van der Waals surface area contributed by atoms with E-state index in [2.05, 4.69) is 31.1 Å². The van der Waals surface area contributed by atoms with Crippen LogP contribution in [0.15, 0.2) is 5.38 Å². The van der Waals surface area contributed by atoms with Crippen molar-refractivity contribution >= 4 is 17.2 Å². The summed E-state index contributed by atoms with van der Waals surface area (Å²) >= 11 is 1.60. The summed E-state index contributed by atoms with van der Waals surface area (Å²) in [5.41, 5.74) is 0.855. The molecule has 0 saturated carbocycles. The number of nitrogens with one attached hydrogen (secondary N) is 1. The molecule has 1 amide bonds. The number of carbonyl (C=O) groups is 1. The van der Waals surface area contributed by atoms with Gasteiger partial charge in [0.05, 0.1) is 17.1 Å². The van der Waals surface area contributed by atoms with Crippen molar-refractivity contribution in [3.63, 3.8) is 0 Å². The Morgan fingerprint density at radius 2 is 2.21 bits per heavy atom. The van der Waals surface area contributed by atoms with E-state index in [1.807, 2.05) is 12.3 Å². The molecule has 2 N–H and O–H groups in total. The van der Waals surface area contributed by atoms with Crippen LogP contribution in [0.25, 0.3) is 0 Å². The molecule has 0 aromatic carbocycles. The van der Waals surface area contributed by atoms with E-state index in [4.69, 9.17) is 5.11 Å². The first-order valence-electron chi connectivity index (χ1n) is 6.72. The monoisotopic (exact) mass is 284 g/mol. The van der Waals surface area contributed by atoms with Crippen molar-refractivity contribution in [2.45, 2.75) is 58.4 Å². The lowest BCUT2D eigenvalue weighted by molar-refractivity contribution is -0.121. The van der Waals surface area contributed by atoms with Crippen LogP contribution in [0.2, 0.25) is 0 Å². The van der Waals surface area contributed by atoms with Gasteiger partial charge >= 0.3 is 0 Å². The maximum atomic E-state index is 11.9. The van der Waals surface area contributed by atoms with E-state index in [-0.39, 0.29) is 24.0 Å². The van der Waals surface area contributed by atoms with Gasteiger partial charge in [-0.2, -0.15) is 0 Å². The molecule has 1 heterocycles. The fourth-order valence-electron chi connectivity index (χ4n) is 1.71. The van der Waals surface area contributed by atoms with Crippen molar-refractivity contribution in [2.75, 3.05) is 6.61 Å². The van der Waals surface area contributed by atoms with Gasteiger partial charge in [-0.25, -0.2) is 4.98 Å². The van der Waals surface area contributed by atoms with Crippen LogP contribution < -0.4 is 5.32 Å². The molecule has 1 aromatic heterocycles. The minimum absolute atomic E-state index is 0.0222. The summed E-state index contributed by atoms with van der Waals surface area (Å²) in [6, 6.07) is 0.0539. The standard InChI is InChI=1S/C14H24N2O2S/c1-5-10(6-7-17)15-12(18)8-11-9-19-13(16-11)14(2,3)4/h9-10,17H,5-8H2,1-4H3,(H,15,18). The molecule has 1 rings (SSSR count). The van der Waals surface area contributed by atoms with Crippen molar-refractivity contribution in [3.8, 4) is 0 Å². The molecule has 0 bridgehead atoms. The topological polar surface area (TPSA) is 62.2 Å². The number of hydrogen-bond donors (Lipinski definition) is 2. The van der Waals surface area contributed by atoms with Crippen LogP contribution >= 0.6 is 11.3 Å². The summed E-state index contributed by atoms with van der Waals surface area (Å²) in [6.45, 7) is 8.45. The van der Waals surface area contributed by atoms with E-state index >= 15 is 0 Å². The molecular formula is C14H24N2O2S. The SMILES string of the molecule is CCC(CCO)NC(=O)Cc1csc(C(C)(C)C)n1. The van der Waals surface area contributed by atoms with Gasteiger partial charge in [-0.3, -0.25) is 4.79 Å². The fourth-order valence-corrected chi connectivity index (χ4v) is 2.62. The Hall–Kier alpha value is -0.940. The summed E-state index contributed by atoms with van der Waals surface area (Å²) in [7, 11) is 0. The van der Waals surface area contributed by atoms with Gasteiger partial charge in [-0.15, -0.1) is 11.3 Å². The van der Waals surface area contributed by atoms with Crippen molar-refractivity contribution in [2.24, 2.45) is 0 Å². The zero-order chi connectivity index (χ0) is 14.5. The summed E-state index contributed by atoms with van der Waals surface area (Å²) < 4.78 is 0. The summed E-state index contributed by atoms with van der Waals surface area (Å²) in [6.07, 6.45) is 1.75. The van der Waals surface area contributed by atoms with Crippen molar-refractivity contribution in [3.05, 3.63) is 16.1 Å². The molecule has 0 fully saturated rings. The first-order chi connectivity index (χ1) is 8.86. The highest BCUT2D eigenvalue weighted by atomic mass is 32.1. The molecule has 0 aliphatic rings. The molecule has 19 heavy (non-hydrogen) atoms. The van der Waals surface area contributed by atoms with Crippen LogP contribution in [0.1, 0.15) is 51.2 Å². The lowest BCUT2D eigenvalue weighted by Gasteiger charge is -2.15. The Balaban J connectivity index is 2.55. The molecule has 0 aliphatic carbocycles. The number of thiazole rings is 1. The number of carbonyl (C=O) groups excluding carboxylic acids is 1. The predicted molar refractivity (Wildman–Crippen MR) is 78.4 cm³/mol. The number of rotatable bonds is 6. The van der Waals surface area contributed by atoms with E-state index in [0.717, 1.165) is 17.1 Å². The molecule has 4 nitrogen and oxygen atoms in total. The molecule has 108 valence electrons. The van der Waals surface area contributed by atoms with Gasteiger partial charge < -0.3 is 10.4 Å². The van der Waals surface area contributed by atoms with Gasteiger partial charge in [-0.05, 0) is 12.8 Å². The van der Waals surface area contributed by atoms with Gasteiger partial charge in [-0.1, -0.05) is 27.7 Å². The Bertz CT molecular complexity index is 410. The maximum absolute atomic E-state index is 11.9. The highest BCUT2D eigenvalue weighted by molar-refractivity contribution is 7.09. The largest absolute Gasteiger partial charge is 0.396 e. The average Bonchev–Trinajstić information content (AvgIpc) is 2.76. The van der Waals surface area contributed by atoms with Crippen molar-refractivity contribution < 1.29 is 9.90 Å². The third kappa shape index (κ3) is 5.28. The molecule has 1 atom stereocenters. The summed E-state index contributed by atoms with van der Waals surface area (Å²) in [5.74, 6) is -0.0222. The number of hydrogen-bond acceptors (Lipinski definition) is 4. The van der Waals surface area contributed by atoms with Crippen LogP contribution in [0.5, 0.6) is 0 Å². The van der Waals surface area contributed by atoms with E-state index in [9.17, 15) is 4.79 Å². The number of amides is 1. The second-order valence-corrected chi connectivity index (χ2v) is 6.61. The second kappa shape index (κ2) is 7.01. The molecule has 0 saturated heterocycles. The zero-order valence-corrected chi connectivity index (χ0v) is 13.0. The molecule has 5 heteroatoms. The maximum Gasteiger partial charge on any atom is 0.226 e. The van der Waals surface area contributed by atoms with Gasteiger partial charge in [0, 0.05) is 23.4 Å². The number of aromatic nitrogens is 1. The average molecular weight is 284 g/mol. The lowest BCUT2D eigenvalue weighted by Crippen LogP contribution is -2.36. The molecule has 1 aromatic rings.